The van der Waals surface area contributed by atoms with Crippen molar-refractivity contribution in [1.82, 2.24) is 24.9 Å². The summed E-state index contributed by atoms with van der Waals surface area (Å²) in [7, 11) is 3.27. The topological polar surface area (TPSA) is 80.7 Å². The summed E-state index contributed by atoms with van der Waals surface area (Å²) in [5, 5.41) is 2.41. The third kappa shape index (κ3) is 3.97. The van der Waals surface area contributed by atoms with Crippen LogP contribution in [0.5, 0.6) is 0 Å². The largest absolute Gasteiger partial charge is 0.383 e. The highest BCUT2D eigenvalue weighted by Crippen LogP contribution is 2.26. The summed E-state index contributed by atoms with van der Waals surface area (Å²) < 4.78 is 18.4. The van der Waals surface area contributed by atoms with E-state index in [-0.39, 0.29) is 11.7 Å². The van der Waals surface area contributed by atoms with Crippen molar-refractivity contribution >= 4 is 17.9 Å². The van der Waals surface area contributed by atoms with Gasteiger partial charge in [-0.2, -0.15) is 0 Å². The van der Waals surface area contributed by atoms with Crippen LogP contribution in [0.2, 0.25) is 0 Å². The number of aliphatic imine (C=N–C) groups is 1. The lowest BCUT2D eigenvalue weighted by atomic mass is 10.1. The highest BCUT2D eigenvalue weighted by molar-refractivity contribution is 6.03. The zero-order chi connectivity index (χ0) is 21.3. The number of carbonyl (C=O) groups excluding carboxylic acids is 2. The molecule has 10 heteroatoms. The zero-order valence-electron chi connectivity index (χ0n) is 17.3. The summed E-state index contributed by atoms with van der Waals surface area (Å²) in [5.74, 6) is 0.181. The first kappa shape index (κ1) is 20.5. The number of hydrogen-bond donors (Lipinski definition) is 1. The third-order valence-corrected chi connectivity index (χ3v) is 5.85. The SMILES string of the molecule is COCCN1C(N2CCN(Cc3ccc(F)cc3)CC2)=NC2C1C(=O)NC(=O)N2C. The molecule has 1 aromatic rings. The number of guanidine groups is 1. The second kappa shape index (κ2) is 8.57. The summed E-state index contributed by atoms with van der Waals surface area (Å²) in [6.07, 6.45) is -0.532. The monoisotopic (exact) mass is 418 g/mol. The number of ether oxygens (including phenoxy) is 1. The van der Waals surface area contributed by atoms with Crippen molar-refractivity contribution in [2.45, 2.75) is 18.8 Å². The van der Waals surface area contributed by atoms with E-state index in [1.807, 2.05) is 17.0 Å². The van der Waals surface area contributed by atoms with Gasteiger partial charge in [0.05, 0.1) is 6.61 Å². The van der Waals surface area contributed by atoms with Crippen molar-refractivity contribution in [1.29, 1.82) is 0 Å². The molecule has 3 amide bonds. The summed E-state index contributed by atoms with van der Waals surface area (Å²) in [5.41, 5.74) is 1.08. The highest BCUT2D eigenvalue weighted by Gasteiger charge is 2.49. The van der Waals surface area contributed by atoms with Gasteiger partial charge in [0, 0.05) is 53.4 Å². The number of methoxy groups -OCH3 is 1. The maximum Gasteiger partial charge on any atom is 0.325 e. The van der Waals surface area contributed by atoms with Crippen LogP contribution in [0.1, 0.15) is 5.56 Å². The fourth-order valence-corrected chi connectivity index (χ4v) is 4.16. The molecule has 2 saturated heterocycles. The molecular weight excluding hydrogens is 391 g/mol. The number of imide groups is 1. The van der Waals surface area contributed by atoms with Crippen molar-refractivity contribution in [2.75, 3.05) is 53.5 Å². The smallest absolute Gasteiger partial charge is 0.325 e. The van der Waals surface area contributed by atoms with Crippen LogP contribution in [0.4, 0.5) is 9.18 Å². The number of urea groups is 1. The number of hydrogen-bond acceptors (Lipinski definition) is 7. The van der Waals surface area contributed by atoms with Crippen LogP contribution in [-0.4, -0.2) is 103 Å². The fourth-order valence-electron chi connectivity index (χ4n) is 4.16. The normalized spacial score (nSPS) is 24.8. The lowest BCUT2D eigenvalue weighted by Gasteiger charge is -2.40. The molecule has 0 aromatic heterocycles. The fraction of sp³-hybridized carbons (Fsp3) is 0.550. The molecule has 3 aliphatic heterocycles. The van der Waals surface area contributed by atoms with Crippen molar-refractivity contribution < 1.29 is 18.7 Å². The molecule has 1 aromatic carbocycles. The van der Waals surface area contributed by atoms with Crippen LogP contribution in [0.3, 0.4) is 0 Å². The Morgan fingerprint density at radius 3 is 2.53 bits per heavy atom. The molecule has 4 rings (SSSR count). The van der Waals surface area contributed by atoms with E-state index in [0.29, 0.717) is 13.2 Å². The number of carbonyl (C=O) groups is 2. The Hall–Kier alpha value is -2.72. The van der Waals surface area contributed by atoms with E-state index in [1.54, 1.807) is 14.2 Å². The first-order chi connectivity index (χ1) is 14.5. The second-order valence-corrected chi connectivity index (χ2v) is 7.77. The Balaban J connectivity index is 1.44. The van der Waals surface area contributed by atoms with E-state index in [2.05, 4.69) is 15.1 Å². The van der Waals surface area contributed by atoms with Crippen molar-refractivity contribution in [3.63, 3.8) is 0 Å². The lowest BCUT2D eigenvalue weighted by molar-refractivity contribution is -0.127. The molecular formula is C20H27FN6O3. The number of fused-ring (bicyclic) bond motifs is 1. The number of benzene rings is 1. The van der Waals surface area contributed by atoms with Gasteiger partial charge in [0.25, 0.3) is 5.91 Å². The Morgan fingerprint density at radius 2 is 1.87 bits per heavy atom. The van der Waals surface area contributed by atoms with Gasteiger partial charge in [-0.3, -0.25) is 15.0 Å². The molecule has 1 N–H and O–H groups in total. The van der Waals surface area contributed by atoms with Gasteiger partial charge in [0.15, 0.2) is 18.2 Å². The lowest BCUT2D eigenvalue weighted by Crippen LogP contribution is -2.65. The van der Waals surface area contributed by atoms with Gasteiger partial charge in [-0.25, -0.2) is 14.2 Å². The molecule has 162 valence electrons. The highest BCUT2D eigenvalue weighted by atomic mass is 19.1. The van der Waals surface area contributed by atoms with Crippen LogP contribution in [-0.2, 0) is 16.1 Å². The number of piperazine rings is 1. The first-order valence-corrected chi connectivity index (χ1v) is 10.1. The number of likely N-dealkylation sites (N-methyl/N-ethyl adjacent to an activating group) is 1. The van der Waals surface area contributed by atoms with Gasteiger partial charge < -0.3 is 19.4 Å². The van der Waals surface area contributed by atoms with Gasteiger partial charge in [-0.15, -0.1) is 0 Å². The Labute approximate surface area is 175 Å². The maximum atomic E-state index is 13.1. The Morgan fingerprint density at radius 1 is 1.17 bits per heavy atom. The molecule has 3 aliphatic rings. The van der Waals surface area contributed by atoms with Gasteiger partial charge in [0.2, 0.25) is 0 Å². The molecule has 0 aliphatic carbocycles. The van der Waals surface area contributed by atoms with Crippen molar-refractivity contribution in [2.24, 2.45) is 4.99 Å². The van der Waals surface area contributed by atoms with Crippen LogP contribution < -0.4 is 5.32 Å². The van der Waals surface area contributed by atoms with E-state index in [9.17, 15) is 14.0 Å². The average molecular weight is 418 g/mol. The molecule has 0 spiro atoms. The minimum absolute atomic E-state index is 0.229. The van der Waals surface area contributed by atoms with Crippen LogP contribution >= 0.6 is 0 Å². The van der Waals surface area contributed by atoms with Gasteiger partial charge in [-0.05, 0) is 17.7 Å². The molecule has 2 fully saturated rings. The third-order valence-electron chi connectivity index (χ3n) is 5.85. The van der Waals surface area contributed by atoms with Crippen molar-refractivity contribution in [3.05, 3.63) is 35.6 Å². The van der Waals surface area contributed by atoms with Gasteiger partial charge in [0.1, 0.15) is 5.82 Å². The molecule has 0 saturated carbocycles. The first-order valence-electron chi connectivity index (χ1n) is 10.1. The summed E-state index contributed by atoms with van der Waals surface area (Å²) in [6, 6.07) is 5.61. The van der Waals surface area contributed by atoms with E-state index < -0.39 is 18.2 Å². The standard InChI is InChI=1S/C20H27FN6O3/c1-24-17-16(18(28)23-20(24)29)27(11-12-30-2)19(22-17)26-9-7-25(8-10-26)13-14-3-5-15(21)6-4-14/h3-6,16-17H,7-13H2,1-2H3,(H,23,28,29). The van der Waals surface area contributed by atoms with Crippen LogP contribution in [0, 0.1) is 5.82 Å². The number of nitrogens with zero attached hydrogens (tertiary/aromatic N) is 5. The minimum atomic E-state index is -0.546. The predicted octanol–water partition coefficient (Wildman–Crippen LogP) is 0.138. The maximum absolute atomic E-state index is 13.1. The molecule has 2 atom stereocenters. The number of amides is 3. The minimum Gasteiger partial charge on any atom is -0.383 e. The Bertz CT molecular complexity index is 824. The summed E-state index contributed by atoms with van der Waals surface area (Å²) in [4.78, 5) is 37.2. The summed E-state index contributed by atoms with van der Waals surface area (Å²) >= 11 is 0. The van der Waals surface area contributed by atoms with Gasteiger partial charge >= 0.3 is 6.03 Å². The molecule has 0 bridgehead atoms. The molecule has 30 heavy (non-hydrogen) atoms. The van der Waals surface area contributed by atoms with E-state index in [1.165, 1.54) is 17.0 Å². The molecule has 2 unspecified atom stereocenters. The van der Waals surface area contributed by atoms with Crippen LogP contribution in [0.25, 0.3) is 0 Å². The van der Waals surface area contributed by atoms with E-state index in [0.717, 1.165) is 44.2 Å². The predicted molar refractivity (Wildman–Crippen MR) is 108 cm³/mol. The second-order valence-electron chi connectivity index (χ2n) is 7.77. The zero-order valence-corrected chi connectivity index (χ0v) is 17.3. The molecule has 9 nitrogen and oxygen atoms in total. The number of halogens is 1. The number of rotatable bonds is 5. The average Bonchev–Trinajstić information content (AvgIpc) is 3.13. The quantitative estimate of drug-likeness (QED) is 0.733. The van der Waals surface area contributed by atoms with Gasteiger partial charge in [-0.1, -0.05) is 12.1 Å². The molecule has 0 radical (unpaired) electrons. The Kier molecular flexibility index (Phi) is 5.87. The van der Waals surface area contributed by atoms with E-state index in [4.69, 9.17) is 9.73 Å². The molecule has 3 heterocycles. The van der Waals surface area contributed by atoms with E-state index >= 15 is 0 Å². The number of nitrogens with one attached hydrogen (secondary N) is 1. The summed E-state index contributed by atoms with van der Waals surface area (Å²) in [6.45, 7) is 4.89. The van der Waals surface area contributed by atoms with Crippen molar-refractivity contribution in [3.8, 4) is 0 Å². The van der Waals surface area contributed by atoms with Crippen LogP contribution in [0.15, 0.2) is 29.3 Å².